The third-order valence-corrected chi connectivity index (χ3v) is 6.06. The minimum atomic E-state index is -3.71. The number of ether oxygens (including phenoxy) is 1. The molecule has 7 nitrogen and oxygen atoms in total. The summed E-state index contributed by atoms with van der Waals surface area (Å²) >= 11 is 1.19. The van der Waals surface area contributed by atoms with Crippen molar-refractivity contribution in [2.75, 3.05) is 11.8 Å². The minimum Gasteiger partial charge on any atom is -0.497 e. The average Bonchev–Trinajstić information content (AvgIpc) is 3.06. The molecule has 0 saturated carbocycles. The average molecular weight is 398 g/mol. The molecule has 0 aliphatic heterocycles. The first-order valence-corrected chi connectivity index (χ1v) is 10.6. The molecule has 0 aliphatic carbocycles. The SMILES string of the molecule is CCC(C)NC(=O)CCc1csc(NS(=O)(=O)c2ccc(OC)cc2)n1. The highest BCUT2D eigenvalue weighted by Crippen LogP contribution is 2.22. The number of carbonyl (C=O) groups is 1. The van der Waals surface area contributed by atoms with Gasteiger partial charge in [0.05, 0.1) is 17.7 Å². The molecule has 0 aliphatic rings. The summed E-state index contributed by atoms with van der Waals surface area (Å²) in [6.45, 7) is 3.96. The standard InChI is InChI=1S/C17H23N3O4S2/c1-4-12(2)18-16(21)10-5-13-11-25-17(19-13)20-26(22,23)15-8-6-14(24-3)7-9-15/h6-9,11-12H,4-5,10H2,1-3H3,(H,18,21)(H,19,20). The third kappa shape index (κ3) is 5.70. The van der Waals surface area contributed by atoms with Gasteiger partial charge in [0.15, 0.2) is 5.13 Å². The van der Waals surface area contributed by atoms with Crippen molar-refractivity contribution in [3.8, 4) is 5.75 Å². The van der Waals surface area contributed by atoms with Gasteiger partial charge in [-0.1, -0.05) is 6.92 Å². The zero-order valence-corrected chi connectivity index (χ0v) is 16.6. The zero-order chi connectivity index (χ0) is 19.2. The van der Waals surface area contributed by atoms with Crippen molar-refractivity contribution in [3.63, 3.8) is 0 Å². The molecule has 1 heterocycles. The number of hydrogen-bond acceptors (Lipinski definition) is 6. The second-order valence-electron chi connectivity index (χ2n) is 5.80. The first-order chi connectivity index (χ1) is 12.3. The van der Waals surface area contributed by atoms with Gasteiger partial charge in [-0.25, -0.2) is 13.4 Å². The number of amides is 1. The highest BCUT2D eigenvalue weighted by Gasteiger charge is 2.16. The molecule has 2 aromatic rings. The fraction of sp³-hybridized carbons (Fsp3) is 0.412. The van der Waals surface area contributed by atoms with Crippen LogP contribution in [0.25, 0.3) is 0 Å². The van der Waals surface area contributed by atoms with Crippen LogP contribution in [0.4, 0.5) is 5.13 Å². The van der Waals surface area contributed by atoms with E-state index < -0.39 is 10.0 Å². The van der Waals surface area contributed by atoms with E-state index in [0.29, 0.717) is 24.3 Å². The van der Waals surface area contributed by atoms with Crippen LogP contribution in [0.1, 0.15) is 32.4 Å². The summed E-state index contributed by atoms with van der Waals surface area (Å²) < 4.78 is 32.2. The molecule has 0 radical (unpaired) electrons. The van der Waals surface area contributed by atoms with Crippen LogP contribution in [0.15, 0.2) is 34.5 Å². The number of methoxy groups -OCH3 is 1. The Morgan fingerprint density at radius 2 is 2.00 bits per heavy atom. The maximum Gasteiger partial charge on any atom is 0.263 e. The Hall–Kier alpha value is -2.13. The van der Waals surface area contributed by atoms with Crippen molar-refractivity contribution in [1.82, 2.24) is 10.3 Å². The van der Waals surface area contributed by atoms with Crippen LogP contribution in [-0.2, 0) is 21.2 Å². The molecule has 1 aromatic heterocycles. The van der Waals surface area contributed by atoms with Crippen molar-refractivity contribution >= 4 is 32.4 Å². The predicted molar refractivity (Wildman–Crippen MR) is 102 cm³/mol. The summed E-state index contributed by atoms with van der Waals surface area (Å²) in [5, 5.41) is 4.92. The van der Waals surface area contributed by atoms with E-state index in [9.17, 15) is 13.2 Å². The quantitative estimate of drug-likeness (QED) is 0.678. The maximum atomic E-state index is 12.4. The monoisotopic (exact) mass is 397 g/mol. The zero-order valence-electron chi connectivity index (χ0n) is 15.0. The largest absolute Gasteiger partial charge is 0.497 e. The van der Waals surface area contributed by atoms with E-state index >= 15 is 0 Å². The summed E-state index contributed by atoms with van der Waals surface area (Å²) in [5.41, 5.74) is 0.682. The van der Waals surface area contributed by atoms with Crippen molar-refractivity contribution in [2.45, 2.75) is 44.0 Å². The summed E-state index contributed by atoms with van der Waals surface area (Å²) in [7, 11) is -2.20. The van der Waals surface area contributed by atoms with Gasteiger partial charge >= 0.3 is 0 Å². The number of nitrogens with zero attached hydrogens (tertiary/aromatic N) is 1. The number of anilines is 1. The van der Waals surface area contributed by atoms with Gasteiger partial charge in [0.2, 0.25) is 5.91 Å². The molecular formula is C17H23N3O4S2. The smallest absolute Gasteiger partial charge is 0.263 e. The lowest BCUT2D eigenvalue weighted by molar-refractivity contribution is -0.121. The van der Waals surface area contributed by atoms with Crippen LogP contribution in [0.5, 0.6) is 5.75 Å². The van der Waals surface area contributed by atoms with Crippen LogP contribution < -0.4 is 14.8 Å². The van der Waals surface area contributed by atoms with Gasteiger partial charge in [-0.2, -0.15) is 0 Å². The van der Waals surface area contributed by atoms with Crippen LogP contribution in [0.2, 0.25) is 0 Å². The number of benzene rings is 1. The van der Waals surface area contributed by atoms with Crippen LogP contribution in [0.3, 0.4) is 0 Å². The second kappa shape index (κ2) is 9.00. The number of sulfonamides is 1. The lowest BCUT2D eigenvalue weighted by Crippen LogP contribution is -2.32. The lowest BCUT2D eigenvalue weighted by Gasteiger charge is -2.10. The summed E-state index contributed by atoms with van der Waals surface area (Å²) in [6.07, 6.45) is 1.65. The van der Waals surface area contributed by atoms with Gasteiger partial charge in [-0.3, -0.25) is 9.52 Å². The van der Waals surface area contributed by atoms with Gasteiger partial charge in [0.25, 0.3) is 10.0 Å². The van der Waals surface area contributed by atoms with E-state index in [1.807, 2.05) is 13.8 Å². The molecule has 9 heteroatoms. The Bertz CT molecular complexity index is 832. The number of hydrogen-bond donors (Lipinski definition) is 2. The fourth-order valence-electron chi connectivity index (χ4n) is 2.09. The highest BCUT2D eigenvalue weighted by molar-refractivity contribution is 7.93. The molecule has 26 heavy (non-hydrogen) atoms. The van der Waals surface area contributed by atoms with Crippen LogP contribution in [0, 0.1) is 0 Å². The van der Waals surface area contributed by atoms with E-state index in [0.717, 1.165) is 6.42 Å². The van der Waals surface area contributed by atoms with Crippen LogP contribution in [-0.4, -0.2) is 32.5 Å². The molecule has 1 atom stereocenters. The second-order valence-corrected chi connectivity index (χ2v) is 8.34. The summed E-state index contributed by atoms with van der Waals surface area (Å²) in [5.74, 6) is 0.545. The Balaban J connectivity index is 1.95. The lowest BCUT2D eigenvalue weighted by atomic mass is 10.2. The van der Waals surface area contributed by atoms with E-state index in [2.05, 4.69) is 15.0 Å². The number of carbonyl (C=O) groups excluding carboxylic acids is 1. The molecule has 1 amide bonds. The Morgan fingerprint density at radius 1 is 1.31 bits per heavy atom. The van der Waals surface area contributed by atoms with Gasteiger partial charge in [0.1, 0.15) is 5.75 Å². The van der Waals surface area contributed by atoms with E-state index in [4.69, 9.17) is 4.74 Å². The van der Waals surface area contributed by atoms with Crippen molar-refractivity contribution in [3.05, 3.63) is 35.3 Å². The Morgan fingerprint density at radius 3 is 2.62 bits per heavy atom. The molecule has 0 bridgehead atoms. The number of nitrogens with one attached hydrogen (secondary N) is 2. The molecular weight excluding hydrogens is 374 g/mol. The van der Waals surface area contributed by atoms with Crippen molar-refractivity contribution < 1.29 is 17.9 Å². The number of aryl methyl sites for hydroxylation is 1. The molecule has 1 aromatic carbocycles. The number of aromatic nitrogens is 1. The van der Waals surface area contributed by atoms with Crippen LogP contribution >= 0.6 is 11.3 Å². The first kappa shape index (κ1) is 20.2. The minimum absolute atomic E-state index is 0.0345. The molecule has 2 N–H and O–H groups in total. The maximum absolute atomic E-state index is 12.4. The normalized spacial score (nSPS) is 12.4. The topological polar surface area (TPSA) is 97.4 Å². The Kier molecular flexibility index (Phi) is 6.98. The summed E-state index contributed by atoms with van der Waals surface area (Å²) in [4.78, 5) is 16.2. The highest BCUT2D eigenvalue weighted by atomic mass is 32.2. The molecule has 0 saturated heterocycles. The molecule has 142 valence electrons. The van der Waals surface area contributed by atoms with Gasteiger partial charge < -0.3 is 10.1 Å². The molecule has 0 fully saturated rings. The predicted octanol–water partition coefficient (Wildman–Crippen LogP) is 2.80. The third-order valence-electron chi connectivity index (χ3n) is 3.77. The molecule has 0 spiro atoms. The van der Waals surface area contributed by atoms with Crippen molar-refractivity contribution in [2.24, 2.45) is 0 Å². The Labute approximate surface area is 157 Å². The van der Waals surface area contributed by atoms with E-state index in [-0.39, 0.29) is 22.0 Å². The van der Waals surface area contributed by atoms with Gasteiger partial charge in [-0.15, -0.1) is 11.3 Å². The molecule has 2 rings (SSSR count). The van der Waals surface area contributed by atoms with Gasteiger partial charge in [-0.05, 0) is 44.0 Å². The molecule has 1 unspecified atom stereocenters. The number of thiazole rings is 1. The number of rotatable bonds is 9. The first-order valence-electron chi connectivity index (χ1n) is 8.24. The summed E-state index contributed by atoms with van der Waals surface area (Å²) in [6, 6.07) is 6.24. The van der Waals surface area contributed by atoms with E-state index in [1.165, 1.54) is 30.6 Å². The van der Waals surface area contributed by atoms with Gasteiger partial charge in [0, 0.05) is 17.8 Å². The van der Waals surface area contributed by atoms with E-state index in [1.54, 1.807) is 17.5 Å². The van der Waals surface area contributed by atoms with Crippen molar-refractivity contribution in [1.29, 1.82) is 0 Å². The fourth-order valence-corrected chi connectivity index (χ4v) is 4.09.